The predicted octanol–water partition coefficient (Wildman–Crippen LogP) is 2.69. The maximum atomic E-state index is 12.1. The van der Waals surface area contributed by atoms with Crippen molar-refractivity contribution in [1.82, 2.24) is 0 Å². The number of hydrogen-bond donors (Lipinski definition) is 1. The molecule has 0 radical (unpaired) electrons. The topological polar surface area (TPSA) is 68.9 Å². The molecule has 21 heavy (non-hydrogen) atoms. The van der Waals surface area contributed by atoms with E-state index < -0.39 is 17.1 Å². The lowest BCUT2D eigenvalue weighted by Gasteiger charge is -2.14. The Balaban J connectivity index is 2.67. The molecule has 0 aliphatic heterocycles. The molecule has 5 nitrogen and oxygen atoms in total. The van der Waals surface area contributed by atoms with Crippen molar-refractivity contribution in [3.63, 3.8) is 0 Å². The maximum Gasteiger partial charge on any atom is 0.347 e. The third kappa shape index (κ3) is 3.10. The van der Waals surface area contributed by atoms with E-state index in [4.69, 9.17) is 37.1 Å². The smallest absolute Gasteiger partial charge is 0.347 e. The largest absolute Gasteiger partial charge is 0.497 e. The first-order chi connectivity index (χ1) is 10.0. The molecule has 114 valence electrons. The molecule has 2 rings (SSSR count). The minimum Gasteiger partial charge on any atom is -0.497 e. The number of aliphatic hydroxyl groups is 1. The van der Waals surface area contributed by atoms with Crippen LogP contribution in [-0.4, -0.2) is 31.3 Å². The zero-order chi connectivity index (χ0) is 15.6. The van der Waals surface area contributed by atoms with Crippen molar-refractivity contribution in [2.45, 2.75) is 11.5 Å². The number of ether oxygens (including phenoxy) is 2. The summed E-state index contributed by atoms with van der Waals surface area (Å²) < 4.78 is 15.5. The standard InChI is InChI=1S/C14H14Cl2O5/c1-19-8-3-7-4-11(13(16)9(17)6-15)21-14(18)12(7)10(5-8)20-2/h3-5,9,13,17H,6H2,1-2H3/t9-,13+/m0/s1. The molecule has 0 saturated carbocycles. The molecule has 0 fully saturated rings. The Morgan fingerprint density at radius 3 is 2.57 bits per heavy atom. The van der Waals surface area contributed by atoms with E-state index in [0.717, 1.165) is 0 Å². The third-order valence-electron chi connectivity index (χ3n) is 3.04. The molecule has 1 N–H and O–H groups in total. The fourth-order valence-corrected chi connectivity index (χ4v) is 2.43. The van der Waals surface area contributed by atoms with E-state index in [2.05, 4.69) is 0 Å². The highest BCUT2D eigenvalue weighted by Gasteiger charge is 2.22. The van der Waals surface area contributed by atoms with Gasteiger partial charge in [-0.1, -0.05) is 0 Å². The van der Waals surface area contributed by atoms with Crippen molar-refractivity contribution in [1.29, 1.82) is 0 Å². The molecular formula is C14H14Cl2O5. The van der Waals surface area contributed by atoms with Crippen LogP contribution in [0.15, 0.2) is 27.4 Å². The Kier molecular flexibility index (Phi) is 4.98. The lowest BCUT2D eigenvalue weighted by Crippen LogP contribution is -2.17. The van der Waals surface area contributed by atoms with Crippen molar-refractivity contribution < 1.29 is 19.0 Å². The molecule has 1 aromatic carbocycles. The summed E-state index contributed by atoms with van der Waals surface area (Å²) in [5.41, 5.74) is -0.602. The summed E-state index contributed by atoms with van der Waals surface area (Å²) in [5.74, 6) is 0.934. The Labute approximate surface area is 131 Å². The molecule has 7 heteroatoms. The fourth-order valence-electron chi connectivity index (χ4n) is 1.97. The second-order valence-electron chi connectivity index (χ2n) is 4.35. The van der Waals surface area contributed by atoms with Crippen LogP contribution in [0.4, 0.5) is 0 Å². The van der Waals surface area contributed by atoms with Gasteiger partial charge in [0.25, 0.3) is 0 Å². The van der Waals surface area contributed by atoms with Gasteiger partial charge in [0.2, 0.25) is 0 Å². The number of benzene rings is 1. The van der Waals surface area contributed by atoms with Gasteiger partial charge in [-0.2, -0.15) is 0 Å². The minimum absolute atomic E-state index is 0.0721. The van der Waals surface area contributed by atoms with Gasteiger partial charge in [-0.3, -0.25) is 0 Å². The molecule has 0 saturated heterocycles. The molecule has 2 atom stereocenters. The van der Waals surface area contributed by atoms with Crippen LogP contribution in [0.2, 0.25) is 0 Å². The van der Waals surface area contributed by atoms with E-state index in [1.807, 2.05) is 0 Å². The van der Waals surface area contributed by atoms with Crippen LogP contribution in [0, 0.1) is 0 Å². The van der Waals surface area contributed by atoms with Crippen molar-refractivity contribution in [2.75, 3.05) is 20.1 Å². The highest BCUT2D eigenvalue weighted by molar-refractivity contribution is 6.23. The van der Waals surface area contributed by atoms with Crippen LogP contribution in [0.3, 0.4) is 0 Å². The van der Waals surface area contributed by atoms with Crippen LogP contribution < -0.4 is 15.1 Å². The highest BCUT2D eigenvalue weighted by Crippen LogP contribution is 2.32. The van der Waals surface area contributed by atoms with Crippen LogP contribution in [0.25, 0.3) is 10.8 Å². The summed E-state index contributed by atoms with van der Waals surface area (Å²) in [6.45, 7) is 0. The lowest BCUT2D eigenvalue weighted by molar-refractivity contribution is 0.182. The molecule has 1 aromatic heterocycles. The van der Waals surface area contributed by atoms with Gasteiger partial charge in [-0.15, -0.1) is 23.2 Å². The highest BCUT2D eigenvalue weighted by atomic mass is 35.5. The normalized spacial score (nSPS) is 14.0. The van der Waals surface area contributed by atoms with Gasteiger partial charge in [0.1, 0.15) is 28.0 Å². The van der Waals surface area contributed by atoms with E-state index in [-0.39, 0.29) is 17.0 Å². The van der Waals surface area contributed by atoms with Gasteiger partial charge in [-0.05, 0) is 17.5 Å². The van der Waals surface area contributed by atoms with Gasteiger partial charge in [0.05, 0.1) is 26.2 Å². The second kappa shape index (κ2) is 6.56. The summed E-state index contributed by atoms with van der Waals surface area (Å²) >= 11 is 11.6. The minimum atomic E-state index is -1.03. The number of methoxy groups -OCH3 is 2. The van der Waals surface area contributed by atoms with Crippen molar-refractivity contribution in [3.8, 4) is 11.5 Å². The average Bonchev–Trinajstić information content (AvgIpc) is 2.51. The summed E-state index contributed by atoms with van der Waals surface area (Å²) in [4.78, 5) is 12.1. The van der Waals surface area contributed by atoms with Crippen LogP contribution in [0.1, 0.15) is 11.1 Å². The fraction of sp³-hybridized carbons (Fsp3) is 0.357. The van der Waals surface area contributed by atoms with E-state index in [1.165, 1.54) is 14.2 Å². The summed E-state index contributed by atoms with van der Waals surface area (Å²) in [7, 11) is 2.96. The van der Waals surface area contributed by atoms with Crippen LogP contribution in [0.5, 0.6) is 11.5 Å². The van der Waals surface area contributed by atoms with Crippen molar-refractivity contribution >= 4 is 34.0 Å². The van der Waals surface area contributed by atoms with Crippen molar-refractivity contribution in [3.05, 3.63) is 34.4 Å². The van der Waals surface area contributed by atoms with Gasteiger partial charge < -0.3 is 19.0 Å². The van der Waals surface area contributed by atoms with E-state index in [0.29, 0.717) is 16.9 Å². The molecule has 0 unspecified atom stereocenters. The van der Waals surface area contributed by atoms with Gasteiger partial charge in [0, 0.05) is 6.07 Å². The number of rotatable bonds is 5. The molecule has 0 aliphatic carbocycles. The Morgan fingerprint density at radius 1 is 1.29 bits per heavy atom. The molecule has 2 aromatic rings. The van der Waals surface area contributed by atoms with E-state index in [1.54, 1.807) is 18.2 Å². The zero-order valence-electron chi connectivity index (χ0n) is 11.4. The number of fused-ring (bicyclic) bond motifs is 1. The van der Waals surface area contributed by atoms with E-state index >= 15 is 0 Å². The lowest BCUT2D eigenvalue weighted by atomic mass is 10.1. The SMILES string of the molecule is COc1cc(OC)c2c(=O)oc([C@H](Cl)[C@@H](O)CCl)cc2c1. The average molecular weight is 333 g/mol. The van der Waals surface area contributed by atoms with E-state index in [9.17, 15) is 9.90 Å². The number of aliphatic hydroxyl groups excluding tert-OH is 1. The van der Waals surface area contributed by atoms with Gasteiger partial charge >= 0.3 is 5.63 Å². The van der Waals surface area contributed by atoms with Crippen molar-refractivity contribution in [2.24, 2.45) is 0 Å². The third-order valence-corrected chi connectivity index (χ3v) is 3.86. The first-order valence-corrected chi connectivity index (χ1v) is 7.06. The Hall–Kier alpha value is -1.43. The first kappa shape index (κ1) is 15.9. The summed E-state index contributed by atoms with van der Waals surface area (Å²) in [6.07, 6.45) is -1.03. The number of alkyl halides is 2. The molecule has 0 aliphatic rings. The molecule has 0 spiro atoms. The summed E-state index contributed by atoms with van der Waals surface area (Å²) in [5, 5.41) is 9.58. The van der Waals surface area contributed by atoms with Crippen LogP contribution in [-0.2, 0) is 0 Å². The first-order valence-electron chi connectivity index (χ1n) is 6.09. The van der Waals surface area contributed by atoms with Gasteiger partial charge in [-0.25, -0.2) is 4.79 Å². The second-order valence-corrected chi connectivity index (χ2v) is 5.13. The predicted molar refractivity (Wildman–Crippen MR) is 80.9 cm³/mol. The number of hydrogen-bond acceptors (Lipinski definition) is 5. The Morgan fingerprint density at radius 2 is 2.00 bits per heavy atom. The van der Waals surface area contributed by atoms with Crippen LogP contribution >= 0.6 is 23.2 Å². The quantitative estimate of drug-likeness (QED) is 0.852. The van der Waals surface area contributed by atoms with Gasteiger partial charge in [0.15, 0.2) is 0 Å². The molecule has 0 bridgehead atoms. The molecule has 1 heterocycles. The molecular weight excluding hydrogens is 319 g/mol. The zero-order valence-corrected chi connectivity index (χ0v) is 12.9. The molecule has 0 amide bonds. The maximum absolute atomic E-state index is 12.1. The monoisotopic (exact) mass is 332 g/mol. The summed E-state index contributed by atoms with van der Waals surface area (Å²) in [6, 6.07) is 4.81. The number of halogens is 2. The Bertz CT molecular complexity index is 698.